The van der Waals surface area contributed by atoms with Gasteiger partial charge in [0.05, 0.1) is 13.2 Å². The Morgan fingerprint density at radius 3 is 2.52 bits per heavy atom. The van der Waals surface area contributed by atoms with Crippen LogP contribution in [0, 0.1) is 5.92 Å². The summed E-state index contributed by atoms with van der Waals surface area (Å²) in [4.78, 5) is 13.1. The highest BCUT2D eigenvalue weighted by atomic mass is 32.2. The minimum absolute atomic E-state index is 0.141. The molecule has 1 N–H and O–H groups in total. The molecule has 1 aromatic heterocycles. The summed E-state index contributed by atoms with van der Waals surface area (Å²) >= 11 is 1.78. The molecule has 0 radical (unpaired) electrons. The number of nitrogens with one attached hydrogen (secondary N) is 1. The van der Waals surface area contributed by atoms with E-state index in [4.69, 9.17) is 4.74 Å². The number of hydrogen-bond acceptors (Lipinski definition) is 5. The summed E-state index contributed by atoms with van der Waals surface area (Å²) < 4.78 is 7.24. The zero-order chi connectivity index (χ0) is 23.0. The molecule has 2 aromatic carbocycles. The van der Waals surface area contributed by atoms with E-state index in [0.29, 0.717) is 12.0 Å². The Bertz CT molecular complexity index is 1030. The SMILES string of the molecule is COc1ccc(C(=O)NC(Cc2ccccc2)c2nnc(SCC3CCCCC3)n2C)cc1. The second-order valence-electron chi connectivity index (χ2n) is 8.66. The molecule has 7 heteroatoms. The van der Waals surface area contributed by atoms with Gasteiger partial charge in [0.15, 0.2) is 11.0 Å². The van der Waals surface area contributed by atoms with E-state index >= 15 is 0 Å². The largest absolute Gasteiger partial charge is 0.497 e. The van der Waals surface area contributed by atoms with Crippen LogP contribution in [-0.4, -0.2) is 33.5 Å². The predicted molar refractivity (Wildman–Crippen MR) is 132 cm³/mol. The number of rotatable bonds is 9. The zero-order valence-electron chi connectivity index (χ0n) is 19.4. The van der Waals surface area contributed by atoms with Crippen LogP contribution in [0.1, 0.15) is 59.9 Å². The molecule has 174 valence electrons. The molecule has 1 amide bonds. The van der Waals surface area contributed by atoms with Gasteiger partial charge in [0.2, 0.25) is 0 Å². The van der Waals surface area contributed by atoms with Crippen molar-refractivity contribution in [3.63, 3.8) is 0 Å². The molecule has 4 rings (SSSR count). The Kier molecular flexibility index (Phi) is 8.05. The lowest BCUT2D eigenvalue weighted by molar-refractivity contribution is 0.0934. The van der Waals surface area contributed by atoms with E-state index in [-0.39, 0.29) is 11.9 Å². The van der Waals surface area contributed by atoms with Crippen LogP contribution in [0.2, 0.25) is 0 Å². The third-order valence-corrected chi connectivity index (χ3v) is 7.55. The molecule has 1 aliphatic carbocycles. The number of nitrogens with zero attached hydrogens (tertiary/aromatic N) is 3. The van der Waals surface area contributed by atoms with Gasteiger partial charge < -0.3 is 14.6 Å². The van der Waals surface area contributed by atoms with Crippen molar-refractivity contribution in [2.24, 2.45) is 13.0 Å². The van der Waals surface area contributed by atoms with Crippen LogP contribution < -0.4 is 10.1 Å². The van der Waals surface area contributed by atoms with Crippen molar-refractivity contribution in [1.82, 2.24) is 20.1 Å². The van der Waals surface area contributed by atoms with Gasteiger partial charge in [-0.1, -0.05) is 61.4 Å². The summed E-state index contributed by atoms with van der Waals surface area (Å²) in [7, 11) is 3.61. The van der Waals surface area contributed by atoms with Crippen molar-refractivity contribution < 1.29 is 9.53 Å². The second kappa shape index (κ2) is 11.4. The first-order valence-electron chi connectivity index (χ1n) is 11.6. The fraction of sp³-hybridized carbons (Fsp3) is 0.423. The number of aromatic nitrogens is 3. The van der Waals surface area contributed by atoms with Crippen molar-refractivity contribution in [2.45, 2.75) is 49.7 Å². The van der Waals surface area contributed by atoms with Crippen molar-refractivity contribution in [3.05, 3.63) is 71.5 Å². The van der Waals surface area contributed by atoms with Crippen LogP contribution in [-0.2, 0) is 13.5 Å². The third kappa shape index (κ3) is 6.16. The molecule has 3 aromatic rings. The molecule has 0 saturated heterocycles. The average Bonchev–Trinajstić information content (AvgIpc) is 3.23. The Balaban J connectivity index is 1.51. The van der Waals surface area contributed by atoms with Crippen LogP contribution in [0.15, 0.2) is 59.8 Å². The topological polar surface area (TPSA) is 69.0 Å². The van der Waals surface area contributed by atoms with E-state index in [9.17, 15) is 4.79 Å². The van der Waals surface area contributed by atoms with Gasteiger partial charge in [-0.2, -0.15) is 0 Å². The third-order valence-electron chi connectivity index (χ3n) is 6.29. The Labute approximate surface area is 200 Å². The number of methoxy groups -OCH3 is 1. The van der Waals surface area contributed by atoms with Crippen LogP contribution in [0.3, 0.4) is 0 Å². The maximum Gasteiger partial charge on any atom is 0.251 e. The second-order valence-corrected chi connectivity index (χ2v) is 9.65. The van der Waals surface area contributed by atoms with E-state index < -0.39 is 0 Å². The molecule has 1 unspecified atom stereocenters. The molecule has 1 heterocycles. The van der Waals surface area contributed by atoms with E-state index in [1.807, 2.05) is 29.8 Å². The molecule has 0 bridgehead atoms. The van der Waals surface area contributed by atoms with E-state index in [2.05, 4.69) is 27.6 Å². The molecule has 33 heavy (non-hydrogen) atoms. The Morgan fingerprint density at radius 2 is 1.82 bits per heavy atom. The highest BCUT2D eigenvalue weighted by molar-refractivity contribution is 7.99. The molecule has 1 saturated carbocycles. The summed E-state index contributed by atoms with van der Waals surface area (Å²) in [5.41, 5.74) is 1.72. The first kappa shape index (κ1) is 23.4. The lowest BCUT2D eigenvalue weighted by Gasteiger charge is -2.21. The van der Waals surface area contributed by atoms with Gasteiger partial charge in [0.1, 0.15) is 5.75 Å². The smallest absolute Gasteiger partial charge is 0.251 e. The first-order valence-corrected chi connectivity index (χ1v) is 12.6. The van der Waals surface area contributed by atoms with Gasteiger partial charge in [0.25, 0.3) is 5.91 Å². The van der Waals surface area contributed by atoms with Gasteiger partial charge >= 0.3 is 0 Å². The molecular weight excluding hydrogens is 432 g/mol. The number of amides is 1. The van der Waals surface area contributed by atoms with Gasteiger partial charge in [-0.05, 0) is 55.0 Å². The maximum atomic E-state index is 13.1. The lowest BCUT2D eigenvalue weighted by atomic mass is 9.91. The average molecular weight is 465 g/mol. The van der Waals surface area contributed by atoms with Crippen molar-refractivity contribution in [1.29, 1.82) is 0 Å². The standard InChI is InChI=1S/C26H32N4O2S/c1-30-24(28-29-26(30)33-18-20-11-7-4-8-12-20)23(17-19-9-5-3-6-10-19)27-25(31)21-13-15-22(32-2)16-14-21/h3,5-6,9-10,13-16,20,23H,4,7-8,11-12,17-18H2,1-2H3,(H,27,31). The minimum Gasteiger partial charge on any atom is -0.497 e. The van der Waals surface area contributed by atoms with Crippen LogP contribution in [0.25, 0.3) is 0 Å². The number of hydrogen-bond donors (Lipinski definition) is 1. The predicted octanol–water partition coefficient (Wildman–Crippen LogP) is 5.21. The summed E-state index contributed by atoms with van der Waals surface area (Å²) in [5, 5.41) is 13.1. The highest BCUT2D eigenvalue weighted by Crippen LogP contribution is 2.30. The number of carbonyl (C=O) groups excluding carboxylic acids is 1. The van der Waals surface area contributed by atoms with Gasteiger partial charge in [-0.3, -0.25) is 4.79 Å². The molecule has 0 aliphatic heterocycles. The summed E-state index contributed by atoms with van der Waals surface area (Å²) in [5.74, 6) is 3.19. The van der Waals surface area contributed by atoms with Crippen molar-refractivity contribution in [3.8, 4) is 5.75 Å². The van der Waals surface area contributed by atoms with E-state index in [1.165, 1.54) is 32.1 Å². The zero-order valence-corrected chi connectivity index (χ0v) is 20.2. The van der Waals surface area contributed by atoms with Gasteiger partial charge in [-0.25, -0.2) is 0 Å². The summed E-state index contributed by atoms with van der Waals surface area (Å²) in [6, 6.07) is 17.0. The summed E-state index contributed by atoms with van der Waals surface area (Å²) in [6.45, 7) is 0. The van der Waals surface area contributed by atoms with Crippen molar-refractivity contribution >= 4 is 17.7 Å². The van der Waals surface area contributed by atoms with Gasteiger partial charge in [0, 0.05) is 18.4 Å². The molecule has 6 nitrogen and oxygen atoms in total. The van der Waals surface area contributed by atoms with Crippen LogP contribution in [0.5, 0.6) is 5.75 Å². The van der Waals surface area contributed by atoms with Crippen molar-refractivity contribution in [2.75, 3.05) is 12.9 Å². The number of carbonyl (C=O) groups is 1. The minimum atomic E-state index is -0.288. The number of thioether (sulfide) groups is 1. The normalized spacial score (nSPS) is 15.2. The monoisotopic (exact) mass is 464 g/mol. The van der Waals surface area contributed by atoms with E-state index in [1.54, 1.807) is 43.1 Å². The number of benzene rings is 2. The first-order chi connectivity index (χ1) is 16.1. The molecule has 1 fully saturated rings. The fourth-order valence-electron chi connectivity index (χ4n) is 4.34. The fourth-order valence-corrected chi connectivity index (χ4v) is 5.45. The quantitative estimate of drug-likeness (QED) is 0.440. The van der Waals surface area contributed by atoms with Gasteiger partial charge in [-0.15, -0.1) is 10.2 Å². The lowest BCUT2D eigenvalue weighted by Crippen LogP contribution is -2.31. The van der Waals surface area contributed by atoms with Crippen LogP contribution in [0.4, 0.5) is 0 Å². The summed E-state index contributed by atoms with van der Waals surface area (Å²) in [6.07, 6.45) is 7.31. The molecule has 0 spiro atoms. The Hall–Kier alpha value is -2.80. The number of ether oxygens (including phenoxy) is 1. The van der Waals surface area contributed by atoms with Crippen LogP contribution >= 0.6 is 11.8 Å². The molecular formula is C26H32N4O2S. The highest BCUT2D eigenvalue weighted by Gasteiger charge is 2.24. The molecule has 1 atom stereocenters. The molecule has 1 aliphatic rings. The Morgan fingerprint density at radius 1 is 1.09 bits per heavy atom. The maximum absolute atomic E-state index is 13.1. The van der Waals surface area contributed by atoms with E-state index in [0.717, 1.165) is 34.0 Å².